The number of esters is 1. The molecular formula is C21H21N3O5. The summed E-state index contributed by atoms with van der Waals surface area (Å²) in [6, 6.07) is 8.53. The van der Waals surface area contributed by atoms with E-state index < -0.39 is 5.97 Å². The Bertz CT molecular complexity index is 956. The fourth-order valence-corrected chi connectivity index (χ4v) is 2.50. The number of methoxy groups -OCH3 is 1. The van der Waals surface area contributed by atoms with Crippen molar-refractivity contribution in [2.75, 3.05) is 20.3 Å². The van der Waals surface area contributed by atoms with Gasteiger partial charge >= 0.3 is 5.97 Å². The average Bonchev–Trinajstić information content (AvgIpc) is 3.24. The van der Waals surface area contributed by atoms with Crippen molar-refractivity contribution >= 4 is 5.97 Å². The number of carbonyl (C=O) groups is 1. The summed E-state index contributed by atoms with van der Waals surface area (Å²) in [5.74, 6) is 1.50. The highest BCUT2D eigenvalue weighted by Crippen LogP contribution is 2.28. The van der Waals surface area contributed by atoms with Gasteiger partial charge in [-0.3, -0.25) is 4.98 Å². The van der Waals surface area contributed by atoms with E-state index in [1.807, 2.05) is 6.07 Å². The molecule has 8 nitrogen and oxygen atoms in total. The number of carbonyl (C=O) groups excluding carboxylic acids is 1. The molecule has 0 aliphatic rings. The van der Waals surface area contributed by atoms with Gasteiger partial charge in [0.15, 0.2) is 11.5 Å². The molecule has 150 valence electrons. The summed E-state index contributed by atoms with van der Waals surface area (Å²) in [5, 5.41) is 3.93. The highest BCUT2D eigenvalue weighted by Gasteiger charge is 2.13. The van der Waals surface area contributed by atoms with Crippen LogP contribution in [0, 0.1) is 0 Å². The zero-order valence-electron chi connectivity index (χ0n) is 16.0. The topological polar surface area (TPSA) is 96.6 Å². The highest BCUT2D eigenvalue weighted by atomic mass is 16.5. The Hall–Kier alpha value is -3.68. The maximum Gasteiger partial charge on any atom is 0.338 e. The second-order valence-electron chi connectivity index (χ2n) is 5.96. The molecule has 0 unspecified atom stereocenters. The van der Waals surface area contributed by atoms with E-state index in [0.29, 0.717) is 48.2 Å². The van der Waals surface area contributed by atoms with Gasteiger partial charge < -0.3 is 18.7 Å². The molecular weight excluding hydrogens is 374 g/mol. The van der Waals surface area contributed by atoms with Crippen LogP contribution in [0.1, 0.15) is 22.7 Å². The zero-order chi connectivity index (χ0) is 20.5. The fraction of sp³-hybridized carbons (Fsp3) is 0.238. The first kappa shape index (κ1) is 20.1. The van der Waals surface area contributed by atoms with E-state index in [1.165, 1.54) is 7.11 Å². The molecule has 0 aliphatic heterocycles. The molecule has 2 aromatic heterocycles. The normalized spacial score (nSPS) is 10.4. The van der Waals surface area contributed by atoms with Gasteiger partial charge in [-0.2, -0.15) is 4.98 Å². The van der Waals surface area contributed by atoms with E-state index in [-0.39, 0.29) is 6.61 Å². The van der Waals surface area contributed by atoms with Crippen LogP contribution in [-0.4, -0.2) is 41.4 Å². The summed E-state index contributed by atoms with van der Waals surface area (Å²) in [6.45, 7) is 4.17. The summed E-state index contributed by atoms with van der Waals surface area (Å²) >= 11 is 0. The molecule has 0 amide bonds. The van der Waals surface area contributed by atoms with Crippen molar-refractivity contribution in [1.82, 2.24) is 15.1 Å². The number of nitrogens with zero attached hydrogens (tertiary/aromatic N) is 3. The molecule has 0 N–H and O–H groups in total. The Balaban J connectivity index is 1.49. The Kier molecular flexibility index (Phi) is 6.94. The molecule has 0 atom stereocenters. The average molecular weight is 395 g/mol. The molecule has 0 fully saturated rings. The van der Waals surface area contributed by atoms with Crippen LogP contribution in [0.25, 0.3) is 11.4 Å². The minimum atomic E-state index is -0.444. The summed E-state index contributed by atoms with van der Waals surface area (Å²) in [7, 11) is 1.51. The molecule has 2 heterocycles. The minimum Gasteiger partial charge on any atom is -0.493 e. The van der Waals surface area contributed by atoms with Crippen molar-refractivity contribution in [1.29, 1.82) is 0 Å². The van der Waals surface area contributed by atoms with Crippen molar-refractivity contribution < 1.29 is 23.5 Å². The quantitative estimate of drug-likeness (QED) is 0.292. The van der Waals surface area contributed by atoms with Gasteiger partial charge in [0.25, 0.3) is 0 Å². The number of aryl methyl sites for hydroxylation is 1. The molecule has 1 aromatic carbocycles. The second kappa shape index (κ2) is 10.0. The lowest BCUT2D eigenvalue weighted by atomic mass is 10.2. The summed E-state index contributed by atoms with van der Waals surface area (Å²) in [6.07, 6.45) is 6.02. The molecule has 0 spiro atoms. The maximum absolute atomic E-state index is 12.2. The number of pyridine rings is 1. The molecule has 0 saturated carbocycles. The molecule has 0 radical (unpaired) electrons. The lowest BCUT2D eigenvalue weighted by Gasteiger charge is -2.11. The third kappa shape index (κ3) is 5.41. The Morgan fingerprint density at radius 1 is 1.28 bits per heavy atom. The number of ether oxygens (including phenoxy) is 3. The van der Waals surface area contributed by atoms with E-state index in [4.69, 9.17) is 18.7 Å². The summed E-state index contributed by atoms with van der Waals surface area (Å²) in [4.78, 5) is 20.6. The number of rotatable bonds is 10. The van der Waals surface area contributed by atoms with Crippen LogP contribution in [-0.2, 0) is 11.2 Å². The van der Waals surface area contributed by atoms with Crippen molar-refractivity contribution in [2.45, 2.75) is 12.8 Å². The highest BCUT2D eigenvalue weighted by molar-refractivity contribution is 5.90. The van der Waals surface area contributed by atoms with E-state index in [2.05, 4.69) is 21.7 Å². The largest absolute Gasteiger partial charge is 0.493 e. The van der Waals surface area contributed by atoms with Gasteiger partial charge in [0.05, 0.1) is 19.3 Å². The van der Waals surface area contributed by atoms with Gasteiger partial charge in [-0.25, -0.2) is 4.79 Å². The van der Waals surface area contributed by atoms with E-state index >= 15 is 0 Å². The second-order valence-corrected chi connectivity index (χ2v) is 5.96. The third-order valence-electron chi connectivity index (χ3n) is 3.91. The molecule has 8 heteroatoms. The molecule has 3 aromatic rings. The number of aromatic nitrogens is 3. The van der Waals surface area contributed by atoms with Gasteiger partial charge in [0.1, 0.15) is 6.61 Å². The van der Waals surface area contributed by atoms with E-state index in [9.17, 15) is 4.79 Å². The van der Waals surface area contributed by atoms with E-state index in [1.54, 1.807) is 42.7 Å². The molecule has 0 bridgehead atoms. The summed E-state index contributed by atoms with van der Waals surface area (Å²) in [5.41, 5.74) is 1.16. The number of benzene rings is 1. The van der Waals surface area contributed by atoms with Crippen LogP contribution in [0.15, 0.2) is 59.9 Å². The van der Waals surface area contributed by atoms with Crippen molar-refractivity contribution in [3.05, 3.63) is 66.8 Å². The van der Waals surface area contributed by atoms with Gasteiger partial charge in [-0.05, 0) is 36.8 Å². The first-order valence-electron chi connectivity index (χ1n) is 9.03. The predicted molar refractivity (Wildman–Crippen MR) is 105 cm³/mol. The van der Waals surface area contributed by atoms with Crippen LogP contribution in [0.4, 0.5) is 0 Å². The molecule has 0 aliphatic carbocycles. The monoisotopic (exact) mass is 395 g/mol. The lowest BCUT2D eigenvalue weighted by molar-refractivity contribution is 0.0498. The molecule has 3 rings (SSSR count). The molecule has 29 heavy (non-hydrogen) atoms. The Labute approximate surface area is 168 Å². The van der Waals surface area contributed by atoms with Gasteiger partial charge in [-0.1, -0.05) is 17.8 Å². The van der Waals surface area contributed by atoms with Crippen LogP contribution in [0.2, 0.25) is 0 Å². The number of hydrogen-bond acceptors (Lipinski definition) is 8. The zero-order valence-corrected chi connectivity index (χ0v) is 16.0. The van der Waals surface area contributed by atoms with Gasteiger partial charge in [0.2, 0.25) is 11.7 Å². The SMILES string of the molecule is C=CCOc1ccc(C(=O)OCCCc2nc(-c3cccnc3)no2)cc1OC. The van der Waals surface area contributed by atoms with Crippen LogP contribution >= 0.6 is 0 Å². The van der Waals surface area contributed by atoms with Crippen LogP contribution in [0.5, 0.6) is 11.5 Å². The van der Waals surface area contributed by atoms with E-state index in [0.717, 1.165) is 5.56 Å². The third-order valence-corrected chi connectivity index (χ3v) is 3.91. The maximum atomic E-state index is 12.2. The van der Waals surface area contributed by atoms with Gasteiger partial charge in [-0.15, -0.1) is 0 Å². The predicted octanol–water partition coefficient (Wildman–Crippen LogP) is 3.49. The van der Waals surface area contributed by atoms with Gasteiger partial charge in [0, 0.05) is 24.4 Å². The fourth-order valence-electron chi connectivity index (χ4n) is 2.50. The number of hydrogen-bond donors (Lipinski definition) is 0. The first-order valence-corrected chi connectivity index (χ1v) is 9.03. The standard InChI is InChI=1S/C21H21N3O5/c1-3-11-27-17-9-8-15(13-18(17)26-2)21(25)28-12-5-7-19-23-20(24-29-19)16-6-4-10-22-14-16/h3-4,6,8-10,13-14H,1,5,7,11-12H2,2H3. The Morgan fingerprint density at radius 2 is 2.17 bits per heavy atom. The lowest BCUT2D eigenvalue weighted by Crippen LogP contribution is -2.08. The van der Waals surface area contributed by atoms with Crippen LogP contribution in [0.3, 0.4) is 0 Å². The first-order chi connectivity index (χ1) is 14.2. The Morgan fingerprint density at radius 3 is 2.93 bits per heavy atom. The van der Waals surface area contributed by atoms with Crippen LogP contribution < -0.4 is 9.47 Å². The summed E-state index contributed by atoms with van der Waals surface area (Å²) < 4.78 is 21.3. The van der Waals surface area contributed by atoms with Crippen molar-refractivity contribution in [3.63, 3.8) is 0 Å². The smallest absolute Gasteiger partial charge is 0.338 e. The van der Waals surface area contributed by atoms with Crippen molar-refractivity contribution in [2.24, 2.45) is 0 Å². The van der Waals surface area contributed by atoms with Crippen molar-refractivity contribution in [3.8, 4) is 22.9 Å². The minimum absolute atomic E-state index is 0.223. The molecule has 0 saturated heterocycles.